The predicted octanol–water partition coefficient (Wildman–Crippen LogP) is 4.44. The van der Waals surface area contributed by atoms with Gasteiger partial charge in [0.1, 0.15) is 4.99 Å². The van der Waals surface area contributed by atoms with Gasteiger partial charge in [-0.15, -0.1) is 0 Å². The van der Waals surface area contributed by atoms with E-state index in [2.05, 4.69) is 46.4 Å². The first-order valence-corrected chi connectivity index (χ1v) is 7.11. The Labute approximate surface area is 127 Å². The molecule has 0 atom stereocenters. The highest BCUT2D eigenvalue weighted by atomic mass is 79.9. The second-order valence-electron chi connectivity index (χ2n) is 4.48. The number of halogens is 1. The van der Waals surface area contributed by atoms with Crippen LogP contribution in [0.25, 0.3) is 0 Å². The smallest absolute Gasteiger partial charge is 0.104 e. The molecule has 4 heteroatoms. The molecule has 19 heavy (non-hydrogen) atoms. The van der Waals surface area contributed by atoms with E-state index < -0.39 is 0 Å². The molecular formula is C15H15BrN2S. The lowest BCUT2D eigenvalue weighted by atomic mass is 10.1. The molecule has 0 heterocycles. The van der Waals surface area contributed by atoms with Crippen LogP contribution >= 0.6 is 28.1 Å². The number of benzene rings is 2. The van der Waals surface area contributed by atoms with Crippen molar-refractivity contribution in [1.29, 1.82) is 0 Å². The molecule has 2 aromatic carbocycles. The molecule has 98 valence electrons. The largest absolute Gasteiger partial charge is 0.389 e. The van der Waals surface area contributed by atoms with Gasteiger partial charge in [-0.1, -0.05) is 34.2 Å². The second kappa shape index (κ2) is 5.72. The van der Waals surface area contributed by atoms with E-state index >= 15 is 0 Å². The molecule has 0 spiro atoms. The summed E-state index contributed by atoms with van der Waals surface area (Å²) in [4.78, 5) is 0.433. The molecule has 0 aliphatic heterocycles. The monoisotopic (exact) mass is 334 g/mol. The standard InChI is InChI=1S/C15H15BrN2S/c1-9-3-4-11(16)8-14(9)18-12-5-6-13(15(17)19)10(2)7-12/h3-8,18H,1-2H3,(H2,17,19). The number of thiocarbonyl (C=S) groups is 1. The maximum absolute atomic E-state index is 5.67. The number of rotatable bonds is 3. The van der Waals surface area contributed by atoms with E-state index in [0.29, 0.717) is 4.99 Å². The van der Waals surface area contributed by atoms with Gasteiger partial charge in [0.05, 0.1) is 0 Å². The van der Waals surface area contributed by atoms with Crippen molar-refractivity contribution >= 4 is 44.5 Å². The van der Waals surface area contributed by atoms with E-state index in [-0.39, 0.29) is 0 Å². The Balaban J connectivity index is 2.31. The number of anilines is 2. The van der Waals surface area contributed by atoms with Gasteiger partial charge in [-0.2, -0.15) is 0 Å². The van der Waals surface area contributed by atoms with Crippen LogP contribution in [0.15, 0.2) is 40.9 Å². The van der Waals surface area contributed by atoms with Crippen LogP contribution in [0.1, 0.15) is 16.7 Å². The third-order valence-electron chi connectivity index (χ3n) is 2.97. The second-order valence-corrected chi connectivity index (χ2v) is 5.83. The van der Waals surface area contributed by atoms with Crippen LogP contribution < -0.4 is 11.1 Å². The highest BCUT2D eigenvalue weighted by molar-refractivity contribution is 9.10. The van der Waals surface area contributed by atoms with Crippen molar-refractivity contribution in [3.05, 3.63) is 57.6 Å². The topological polar surface area (TPSA) is 38.0 Å². The van der Waals surface area contributed by atoms with Gasteiger partial charge in [0.15, 0.2) is 0 Å². The van der Waals surface area contributed by atoms with E-state index in [1.54, 1.807) is 0 Å². The van der Waals surface area contributed by atoms with Crippen LogP contribution in [-0.4, -0.2) is 4.99 Å². The Morgan fingerprint density at radius 3 is 2.47 bits per heavy atom. The summed E-state index contributed by atoms with van der Waals surface area (Å²) < 4.78 is 1.05. The fourth-order valence-corrected chi connectivity index (χ4v) is 2.49. The Morgan fingerprint density at radius 2 is 1.84 bits per heavy atom. The normalized spacial score (nSPS) is 10.3. The SMILES string of the molecule is Cc1ccc(Br)cc1Nc1ccc(C(N)=S)c(C)c1. The summed E-state index contributed by atoms with van der Waals surface area (Å²) in [6.07, 6.45) is 0. The molecule has 0 aliphatic carbocycles. The Hall–Kier alpha value is -1.39. The fourth-order valence-electron chi connectivity index (χ4n) is 1.90. The minimum absolute atomic E-state index is 0.433. The number of hydrogen-bond donors (Lipinski definition) is 2. The van der Waals surface area contributed by atoms with E-state index in [1.165, 1.54) is 5.56 Å². The van der Waals surface area contributed by atoms with Crippen LogP contribution in [0.3, 0.4) is 0 Å². The van der Waals surface area contributed by atoms with E-state index in [9.17, 15) is 0 Å². The molecule has 0 amide bonds. The number of hydrogen-bond acceptors (Lipinski definition) is 2. The fraction of sp³-hybridized carbons (Fsp3) is 0.133. The molecule has 0 aliphatic rings. The molecule has 0 aromatic heterocycles. The average molecular weight is 335 g/mol. The van der Waals surface area contributed by atoms with Gasteiger partial charge in [-0.25, -0.2) is 0 Å². The molecule has 2 rings (SSSR count). The quantitative estimate of drug-likeness (QED) is 0.814. The molecule has 0 bridgehead atoms. The summed E-state index contributed by atoms with van der Waals surface area (Å²) in [5, 5.41) is 3.41. The zero-order chi connectivity index (χ0) is 14.0. The Morgan fingerprint density at radius 1 is 1.11 bits per heavy atom. The van der Waals surface area contributed by atoms with Crippen LogP contribution in [0.4, 0.5) is 11.4 Å². The molecule has 0 fully saturated rings. The molecule has 2 aromatic rings. The summed E-state index contributed by atoms with van der Waals surface area (Å²) in [7, 11) is 0. The molecular weight excluding hydrogens is 320 g/mol. The van der Waals surface area contributed by atoms with Crippen molar-refractivity contribution in [3.63, 3.8) is 0 Å². The third kappa shape index (κ3) is 3.33. The Bertz CT molecular complexity index is 638. The summed E-state index contributed by atoms with van der Waals surface area (Å²) in [5.74, 6) is 0. The summed E-state index contributed by atoms with van der Waals surface area (Å²) >= 11 is 8.49. The van der Waals surface area contributed by atoms with Crippen molar-refractivity contribution in [1.82, 2.24) is 0 Å². The van der Waals surface area contributed by atoms with Gasteiger partial charge >= 0.3 is 0 Å². The maximum atomic E-state index is 5.67. The van der Waals surface area contributed by atoms with Crippen molar-refractivity contribution in [2.45, 2.75) is 13.8 Å². The first kappa shape index (κ1) is 14.0. The van der Waals surface area contributed by atoms with E-state index in [0.717, 1.165) is 27.0 Å². The van der Waals surface area contributed by atoms with Gasteiger partial charge in [-0.05, 0) is 55.3 Å². The minimum Gasteiger partial charge on any atom is -0.389 e. The first-order chi connectivity index (χ1) is 8.97. The van der Waals surface area contributed by atoms with Gasteiger partial charge < -0.3 is 11.1 Å². The lowest BCUT2D eigenvalue weighted by Gasteiger charge is -2.12. The van der Waals surface area contributed by atoms with Gasteiger partial charge in [0, 0.05) is 21.4 Å². The molecule has 0 radical (unpaired) electrons. The van der Waals surface area contributed by atoms with Crippen molar-refractivity contribution in [3.8, 4) is 0 Å². The van der Waals surface area contributed by atoms with Crippen LogP contribution in [0.2, 0.25) is 0 Å². The summed E-state index contributed by atoms with van der Waals surface area (Å²) in [6, 6.07) is 12.2. The highest BCUT2D eigenvalue weighted by Gasteiger charge is 2.04. The van der Waals surface area contributed by atoms with Crippen molar-refractivity contribution in [2.75, 3.05) is 5.32 Å². The van der Waals surface area contributed by atoms with Crippen LogP contribution in [0, 0.1) is 13.8 Å². The molecule has 0 saturated carbocycles. The molecule has 2 nitrogen and oxygen atoms in total. The Kier molecular flexibility index (Phi) is 4.22. The third-order valence-corrected chi connectivity index (χ3v) is 3.68. The van der Waals surface area contributed by atoms with E-state index in [1.807, 2.05) is 25.1 Å². The van der Waals surface area contributed by atoms with Gasteiger partial charge in [0.25, 0.3) is 0 Å². The minimum atomic E-state index is 0.433. The number of aryl methyl sites for hydroxylation is 2. The molecule has 0 unspecified atom stereocenters. The van der Waals surface area contributed by atoms with Crippen molar-refractivity contribution in [2.24, 2.45) is 5.73 Å². The van der Waals surface area contributed by atoms with Gasteiger partial charge in [0.2, 0.25) is 0 Å². The summed E-state index contributed by atoms with van der Waals surface area (Å²) in [6.45, 7) is 4.08. The van der Waals surface area contributed by atoms with Crippen LogP contribution in [0.5, 0.6) is 0 Å². The van der Waals surface area contributed by atoms with E-state index in [4.69, 9.17) is 18.0 Å². The first-order valence-electron chi connectivity index (χ1n) is 5.91. The lowest BCUT2D eigenvalue weighted by molar-refractivity contribution is 1.39. The lowest BCUT2D eigenvalue weighted by Crippen LogP contribution is -2.11. The number of nitrogens with one attached hydrogen (secondary N) is 1. The van der Waals surface area contributed by atoms with Crippen LogP contribution in [-0.2, 0) is 0 Å². The average Bonchev–Trinajstić information content (AvgIpc) is 2.33. The number of nitrogens with two attached hydrogens (primary N) is 1. The zero-order valence-electron chi connectivity index (χ0n) is 10.8. The predicted molar refractivity (Wildman–Crippen MR) is 89.2 cm³/mol. The zero-order valence-corrected chi connectivity index (χ0v) is 13.2. The molecule has 0 saturated heterocycles. The highest BCUT2D eigenvalue weighted by Crippen LogP contribution is 2.25. The van der Waals surface area contributed by atoms with Crippen molar-refractivity contribution < 1.29 is 0 Å². The van der Waals surface area contributed by atoms with Gasteiger partial charge in [-0.3, -0.25) is 0 Å². The summed E-state index contributed by atoms with van der Waals surface area (Å²) in [5.41, 5.74) is 11.0. The molecule has 3 N–H and O–H groups in total. The maximum Gasteiger partial charge on any atom is 0.104 e.